The second-order valence-corrected chi connectivity index (χ2v) is 12.9. The molecular weight excluding hydrogens is 617 g/mol. The first-order valence-electron chi connectivity index (χ1n) is 14.5. The third-order valence-electron chi connectivity index (χ3n) is 8.74. The van der Waals surface area contributed by atoms with Gasteiger partial charge in [-0.2, -0.15) is 9.97 Å². The van der Waals surface area contributed by atoms with Crippen LogP contribution in [0, 0.1) is 11.6 Å². The number of ether oxygens (including phenoxy) is 1. The standard InChI is InChI=1S/C29H30ClF3N8O2S/c30-18-10-17-23(22(33)21(18)16-2-3-19(32)25-24(16)37-27(34)44-25)38-28(43-14-29-4-1-7-41(29)13-15(31)11-29)39-26(17)36-6-9-40-8-5-35-12-20(40)42/h2-3,10,15,35H,1,4-9,11-14H2,(H2,34,37)(H,36,38,39)/t15-,29+/m1/s1. The number of benzene rings is 2. The van der Waals surface area contributed by atoms with Crippen molar-refractivity contribution in [3.63, 3.8) is 0 Å². The molecule has 1 amide bonds. The second kappa shape index (κ2) is 11.5. The lowest BCUT2D eigenvalue weighted by Gasteiger charge is -2.30. The van der Waals surface area contributed by atoms with Crippen molar-refractivity contribution in [1.82, 2.24) is 30.1 Å². The van der Waals surface area contributed by atoms with Crippen LogP contribution in [0.25, 0.3) is 32.2 Å². The predicted molar refractivity (Wildman–Crippen MR) is 164 cm³/mol. The molecule has 4 N–H and O–H groups in total. The van der Waals surface area contributed by atoms with Gasteiger partial charge in [0.2, 0.25) is 5.91 Å². The molecule has 7 rings (SSSR count). The fourth-order valence-corrected chi connectivity index (χ4v) is 7.71. The van der Waals surface area contributed by atoms with Crippen LogP contribution < -0.4 is 21.1 Å². The Hall–Kier alpha value is -3.46. The average molecular weight is 647 g/mol. The number of alkyl halides is 1. The molecule has 0 radical (unpaired) electrons. The molecule has 0 unspecified atom stereocenters. The lowest BCUT2D eigenvalue weighted by molar-refractivity contribution is -0.131. The topological polar surface area (TPSA) is 122 Å². The molecule has 3 fully saturated rings. The number of nitrogen functional groups attached to an aromatic ring is 1. The molecule has 3 saturated heterocycles. The number of anilines is 2. The van der Waals surface area contributed by atoms with Crippen molar-refractivity contribution in [2.24, 2.45) is 0 Å². The maximum atomic E-state index is 16.6. The Morgan fingerprint density at radius 1 is 1.23 bits per heavy atom. The number of nitrogens with zero attached hydrogens (tertiary/aromatic N) is 5. The highest BCUT2D eigenvalue weighted by molar-refractivity contribution is 7.22. The van der Waals surface area contributed by atoms with Crippen molar-refractivity contribution in [2.75, 3.05) is 63.5 Å². The lowest BCUT2D eigenvalue weighted by Crippen LogP contribution is -2.49. The first-order valence-corrected chi connectivity index (χ1v) is 15.7. The highest BCUT2D eigenvalue weighted by Gasteiger charge is 2.49. The number of carbonyl (C=O) groups is 1. The van der Waals surface area contributed by atoms with E-state index < -0.39 is 23.3 Å². The van der Waals surface area contributed by atoms with Crippen LogP contribution in [0.2, 0.25) is 5.02 Å². The van der Waals surface area contributed by atoms with Gasteiger partial charge < -0.3 is 26.0 Å². The SMILES string of the molecule is Nc1nc2c(-c3c(Cl)cc4c(NCCN5CCNCC5=O)nc(OC[C@@]56CCCN5C[C@H](F)C6)nc4c3F)ccc(F)c2s1. The summed E-state index contributed by atoms with van der Waals surface area (Å²) in [4.78, 5) is 29.4. The molecule has 2 atom stereocenters. The third kappa shape index (κ3) is 5.17. The van der Waals surface area contributed by atoms with Crippen LogP contribution in [-0.4, -0.2) is 94.8 Å². The molecule has 0 spiro atoms. The smallest absolute Gasteiger partial charge is 0.319 e. The summed E-state index contributed by atoms with van der Waals surface area (Å²) < 4.78 is 51.8. The van der Waals surface area contributed by atoms with E-state index >= 15 is 4.39 Å². The van der Waals surface area contributed by atoms with E-state index in [2.05, 4.69) is 30.5 Å². The number of fused-ring (bicyclic) bond motifs is 3. The number of nitrogens with one attached hydrogen (secondary N) is 2. The van der Waals surface area contributed by atoms with Gasteiger partial charge in [-0.05, 0) is 37.6 Å². The van der Waals surface area contributed by atoms with Gasteiger partial charge in [-0.3, -0.25) is 9.69 Å². The van der Waals surface area contributed by atoms with Crippen molar-refractivity contribution in [1.29, 1.82) is 0 Å². The Labute approximate surface area is 259 Å². The number of amides is 1. The quantitative estimate of drug-likeness (QED) is 0.258. The van der Waals surface area contributed by atoms with E-state index in [0.29, 0.717) is 44.5 Å². The Balaban J connectivity index is 1.28. The second-order valence-electron chi connectivity index (χ2n) is 11.5. The highest BCUT2D eigenvalue weighted by atomic mass is 35.5. The van der Waals surface area contributed by atoms with Gasteiger partial charge in [0, 0.05) is 55.7 Å². The largest absolute Gasteiger partial charge is 0.461 e. The fraction of sp³-hybridized carbons (Fsp3) is 0.448. The number of aromatic nitrogens is 3. The molecule has 3 aliphatic heterocycles. The number of hydrogen-bond donors (Lipinski definition) is 3. The summed E-state index contributed by atoms with van der Waals surface area (Å²) in [5.74, 6) is -1.02. The zero-order chi connectivity index (χ0) is 30.6. The zero-order valence-corrected chi connectivity index (χ0v) is 25.2. The molecular formula is C29H30ClF3N8O2S. The van der Waals surface area contributed by atoms with E-state index in [1.54, 1.807) is 11.0 Å². The van der Waals surface area contributed by atoms with E-state index in [4.69, 9.17) is 22.1 Å². The number of carbonyl (C=O) groups excluding carboxylic acids is 1. The van der Waals surface area contributed by atoms with Gasteiger partial charge in [0.1, 0.15) is 29.9 Å². The summed E-state index contributed by atoms with van der Waals surface area (Å²) >= 11 is 7.66. The Morgan fingerprint density at radius 3 is 2.93 bits per heavy atom. The van der Waals surface area contributed by atoms with E-state index in [-0.39, 0.29) is 67.9 Å². The van der Waals surface area contributed by atoms with Crippen LogP contribution in [-0.2, 0) is 4.79 Å². The molecule has 0 saturated carbocycles. The molecule has 15 heteroatoms. The summed E-state index contributed by atoms with van der Waals surface area (Å²) in [6.45, 7) is 3.60. The number of rotatable bonds is 8. The number of halogens is 4. The zero-order valence-electron chi connectivity index (χ0n) is 23.6. The molecule has 10 nitrogen and oxygen atoms in total. The van der Waals surface area contributed by atoms with Crippen molar-refractivity contribution in [3.8, 4) is 17.1 Å². The number of thiazole rings is 1. The lowest BCUT2D eigenvalue weighted by atomic mass is 9.95. The number of piperazine rings is 1. The van der Waals surface area contributed by atoms with E-state index in [0.717, 1.165) is 30.7 Å². The van der Waals surface area contributed by atoms with Crippen LogP contribution in [0.1, 0.15) is 19.3 Å². The van der Waals surface area contributed by atoms with E-state index in [1.807, 2.05) is 0 Å². The minimum Gasteiger partial charge on any atom is -0.461 e. The molecule has 2 aromatic heterocycles. The predicted octanol–water partition coefficient (Wildman–Crippen LogP) is 4.22. The van der Waals surface area contributed by atoms with Gasteiger partial charge in [0.05, 0.1) is 27.3 Å². The molecule has 2 aromatic carbocycles. The van der Waals surface area contributed by atoms with Crippen LogP contribution in [0.15, 0.2) is 18.2 Å². The first kappa shape index (κ1) is 29.3. The monoisotopic (exact) mass is 646 g/mol. The van der Waals surface area contributed by atoms with Crippen LogP contribution >= 0.6 is 22.9 Å². The Morgan fingerprint density at radius 2 is 2.09 bits per heavy atom. The summed E-state index contributed by atoms with van der Waals surface area (Å²) in [6.07, 6.45) is 1.15. The summed E-state index contributed by atoms with van der Waals surface area (Å²) in [5, 5.41) is 6.74. The maximum Gasteiger partial charge on any atom is 0.319 e. The van der Waals surface area contributed by atoms with E-state index in [9.17, 15) is 13.6 Å². The summed E-state index contributed by atoms with van der Waals surface area (Å²) in [7, 11) is 0. The van der Waals surface area contributed by atoms with Crippen molar-refractivity contribution in [2.45, 2.75) is 31.0 Å². The van der Waals surface area contributed by atoms with Gasteiger partial charge in [-0.25, -0.2) is 18.2 Å². The van der Waals surface area contributed by atoms with Crippen molar-refractivity contribution < 1.29 is 22.7 Å². The van der Waals surface area contributed by atoms with Crippen LogP contribution in [0.4, 0.5) is 24.1 Å². The summed E-state index contributed by atoms with van der Waals surface area (Å²) in [5.41, 5.74) is 5.80. The van der Waals surface area contributed by atoms with Gasteiger partial charge >= 0.3 is 6.01 Å². The number of nitrogens with two attached hydrogens (primary N) is 1. The van der Waals surface area contributed by atoms with Gasteiger partial charge in [0.25, 0.3) is 0 Å². The number of hydrogen-bond acceptors (Lipinski definition) is 10. The molecule has 44 heavy (non-hydrogen) atoms. The average Bonchev–Trinajstić information content (AvgIpc) is 3.66. The molecule has 4 aromatic rings. The third-order valence-corrected chi connectivity index (χ3v) is 9.93. The normalized spacial score (nSPS) is 22.3. The molecule has 0 bridgehead atoms. The van der Waals surface area contributed by atoms with E-state index in [1.165, 1.54) is 12.1 Å². The Bertz CT molecular complexity index is 1780. The van der Waals surface area contributed by atoms with Crippen LogP contribution in [0.3, 0.4) is 0 Å². The van der Waals surface area contributed by atoms with Crippen LogP contribution in [0.5, 0.6) is 6.01 Å². The van der Waals surface area contributed by atoms with Crippen molar-refractivity contribution >= 4 is 60.9 Å². The first-order chi connectivity index (χ1) is 21.2. The Kier molecular flexibility index (Phi) is 7.63. The highest BCUT2D eigenvalue weighted by Crippen LogP contribution is 2.43. The minimum atomic E-state index is -0.934. The molecule has 5 heterocycles. The maximum absolute atomic E-state index is 16.6. The van der Waals surface area contributed by atoms with Crippen molar-refractivity contribution in [3.05, 3.63) is 34.9 Å². The van der Waals surface area contributed by atoms with Gasteiger partial charge in [0.15, 0.2) is 10.9 Å². The molecule has 3 aliphatic rings. The van der Waals surface area contributed by atoms with Gasteiger partial charge in [-0.15, -0.1) is 0 Å². The van der Waals surface area contributed by atoms with Gasteiger partial charge in [-0.1, -0.05) is 22.9 Å². The molecule has 232 valence electrons. The summed E-state index contributed by atoms with van der Waals surface area (Å²) in [6, 6.07) is 4.11. The fourth-order valence-electron chi connectivity index (χ4n) is 6.65. The minimum absolute atomic E-state index is 0.00638. The molecule has 0 aliphatic carbocycles.